The molecule has 0 aliphatic heterocycles. The first-order valence-corrected chi connectivity index (χ1v) is 10.8. The summed E-state index contributed by atoms with van der Waals surface area (Å²) in [5.74, 6) is -0.467. The van der Waals surface area contributed by atoms with Gasteiger partial charge in [-0.05, 0) is 37.5 Å². The van der Waals surface area contributed by atoms with Crippen LogP contribution in [0.5, 0.6) is 0 Å². The van der Waals surface area contributed by atoms with Crippen molar-refractivity contribution in [1.29, 1.82) is 0 Å². The Morgan fingerprint density at radius 3 is 2.18 bits per heavy atom. The molecule has 6 nitrogen and oxygen atoms in total. The van der Waals surface area contributed by atoms with Gasteiger partial charge in [0.2, 0.25) is 10.0 Å². The van der Waals surface area contributed by atoms with Gasteiger partial charge >= 0.3 is 0 Å². The van der Waals surface area contributed by atoms with Gasteiger partial charge in [-0.3, -0.25) is 4.79 Å². The molecule has 2 aromatic carbocycles. The molecule has 0 spiro atoms. The highest BCUT2D eigenvalue weighted by molar-refractivity contribution is 7.89. The van der Waals surface area contributed by atoms with Gasteiger partial charge in [-0.25, -0.2) is 13.8 Å². The van der Waals surface area contributed by atoms with Crippen molar-refractivity contribution in [2.45, 2.75) is 45.1 Å². The van der Waals surface area contributed by atoms with E-state index in [1.54, 1.807) is 24.3 Å². The number of hydrazone groups is 1. The normalized spacial score (nSPS) is 11.3. The van der Waals surface area contributed by atoms with Crippen molar-refractivity contribution in [1.82, 2.24) is 9.73 Å². The molecular weight excluding hydrogens is 374 g/mol. The van der Waals surface area contributed by atoms with E-state index >= 15 is 0 Å². The third-order valence-electron chi connectivity index (χ3n) is 4.34. The minimum absolute atomic E-state index is 0.0998. The lowest BCUT2D eigenvalue weighted by Gasteiger charge is -2.21. The molecule has 0 heterocycles. The minimum atomic E-state index is -3.84. The molecular formula is C21H27N3O3S. The van der Waals surface area contributed by atoms with Crippen LogP contribution in [0.2, 0.25) is 0 Å². The second kappa shape index (κ2) is 10.1. The van der Waals surface area contributed by atoms with Crippen molar-refractivity contribution < 1.29 is 13.2 Å². The Morgan fingerprint density at radius 2 is 1.61 bits per heavy atom. The van der Waals surface area contributed by atoms with Crippen LogP contribution in [-0.2, 0) is 21.4 Å². The molecule has 0 aliphatic carbocycles. The Kier molecular flexibility index (Phi) is 7.90. The Balaban J connectivity index is 2.27. The van der Waals surface area contributed by atoms with E-state index < -0.39 is 15.9 Å². The molecule has 0 atom stereocenters. The molecule has 0 bridgehead atoms. The summed E-state index contributed by atoms with van der Waals surface area (Å²) >= 11 is 0. The summed E-state index contributed by atoms with van der Waals surface area (Å²) in [6.07, 6.45) is 1.46. The average Bonchev–Trinajstić information content (AvgIpc) is 2.69. The molecule has 0 fully saturated rings. The summed E-state index contributed by atoms with van der Waals surface area (Å²) in [5, 5.41) is 4.08. The van der Waals surface area contributed by atoms with Gasteiger partial charge in [0, 0.05) is 12.3 Å². The van der Waals surface area contributed by atoms with Gasteiger partial charge in [0.15, 0.2) is 0 Å². The van der Waals surface area contributed by atoms with E-state index in [1.165, 1.54) is 4.31 Å². The number of benzene rings is 2. The van der Waals surface area contributed by atoms with Crippen LogP contribution in [0.3, 0.4) is 0 Å². The number of amides is 1. The fourth-order valence-electron chi connectivity index (χ4n) is 2.62. The Labute approximate surface area is 167 Å². The number of carbonyl (C=O) groups is 1. The first kappa shape index (κ1) is 21.8. The fraction of sp³-hybridized carbons (Fsp3) is 0.333. The quantitative estimate of drug-likeness (QED) is 0.516. The zero-order valence-electron chi connectivity index (χ0n) is 16.6. The summed E-state index contributed by atoms with van der Waals surface area (Å²) in [4.78, 5) is 12.5. The molecule has 0 aliphatic rings. The van der Waals surface area contributed by atoms with E-state index in [1.807, 2.05) is 51.1 Å². The molecule has 2 aromatic rings. The van der Waals surface area contributed by atoms with Crippen molar-refractivity contribution in [3.05, 3.63) is 65.7 Å². The van der Waals surface area contributed by atoms with Crippen LogP contribution in [0.1, 0.15) is 37.8 Å². The molecule has 0 aromatic heterocycles. The van der Waals surface area contributed by atoms with Crippen molar-refractivity contribution in [2.75, 3.05) is 6.54 Å². The lowest BCUT2D eigenvalue weighted by molar-refractivity contribution is -0.121. The number of nitrogens with one attached hydrogen (secondary N) is 1. The summed E-state index contributed by atoms with van der Waals surface area (Å²) in [6.45, 7) is 5.59. The maximum Gasteiger partial charge on any atom is 0.255 e. The van der Waals surface area contributed by atoms with Crippen LogP contribution in [-0.4, -0.2) is 30.9 Å². The van der Waals surface area contributed by atoms with Gasteiger partial charge in [-0.15, -0.1) is 0 Å². The lowest BCUT2D eigenvalue weighted by atomic mass is 10.2. The lowest BCUT2D eigenvalue weighted by Crippen LogP contribution is -2.39. The second-order valence-corrected chi connectivity index (χ2v) is 8.43. The maximum atomic E-state index is 13.1. The molecule has 7 heteroatoms. The number of nitrogens with zero attached hydrogens (tertiary/aromatic N) is 2. The van der Waals surface area contributed by atoms with Gasteiger partial charge in [0.1, 0.15) is 0 Å². The molecule has 0 radical (unpaired) electrons. The van der Waals surface area contributed by atoms with Crippen molar-refractivity contribution in [3.63, 3.8) is 0 Å². The molecule has 2 rings (SSSR count). The minimum Gasteiger partial charge on any atom is -0.272 e. The Morgan fingerprint density at radius 1 is 1.00 bits per heavy atom. The van der Waals surface area contributed by atoms with Crippen molar-refractivity contribution in [3.8, 4) is 0 Å². The molecule has 1 N–H and O–H groups in total. The zero-order valence-corrected chi connectivity index (χ0v) is 17.4. The predicted octanol–water partition coefficient (Wildman–Crippen LogP) is 3.48. The number of carbonyl (C=O) groups excluding carboxylic acids is 1. The van der Waals surface area contributed by atoms with Crippen LogP contribution < -0.4 is 5.43 Å². The first-order valence-electron chi connectivity index (χ1n) is 9.31. The summed E-state index contributed by atoms with van der Waals surface area (Å²) in [7, 11) is -3.84. The van der Waals surface area contributed by atoms with Crippen LogP contribution in [0.4, 0.5) is 0 Å². The number of sulfonamides is 1. The van der Waals surface area contributed by atoms with Gasteiger partial charge in [0.25, 0.3) is 5.91 Å². The number of aryl methyl sites for hydroxylation is 1. The van der Waals surface area contributed by atoms with E-state index in [-0.39, 0.29) is 18.0 Å². The van der Waals surface area contributed by atoms with E-state index in [0.29, 0.717) is 0 Å². The smallest absolute Gasteiger partial charge is 0.255 e. The summed E-state index contributed by atoms with van der Waals surface area (Å²) in [5.41, 5.74) is 5.10. The second-order valence-electron chi connectivity index (χ2n) is 6.49. The Bertz CT molecular complexity index is 902. The molecule has 0 unspecified atom stereocenters. The SMILES string of the molecule is CCC(CC)=NNC(=O)CN(Cc1ccccc1)S(=O)(=O)c1ccc(C)cc1. The molecule has 0 saturated carbocycles. The molecule has 28 heavy (non-hydrogen) atoms. The number of rotatable bonds is 9. The standard InChI is InChI=1S/C21H27N3O3S/c1-4-19(5-2)22-23-21(25)16-24(15-18-9-7-6-8-10-18)28(26,27)20-13-11-17(3)12-14-20/h6-14H,4-5,15-16H2,1-3H3,(H,23,25). The van der Waals surface area contributed by atoms with E-state index in [2.05, 4.69) is 10.5 Å². The van der Waals surface area contributed by atoms with Crippen LogP contribution in [0.25, 0.3) is 0 Å². The number of hydrogen-bond donors (Lipinski definition) is 1. The monoisotopic (exact) mass is 401 g/mol. The predicted molar refractivity (Wildman–Crippen MR) is 111 cm³/mol. The third-order valence-corrected chi connectivity index (χ3v) is 6.14. The third kappa shape index (κ3) is 6.00. The van der Waals surface area contributed by atoms with Gasteiger partial charge in [0.05, 0.1) is 11.4 Å². The van der Waals surface area contributed by atoms with E-state index in [0.717, 1.165) is 29.7 Å². The largest absolute Gasteiger partial charge is 0.272 e. The highest BCUT2D eigenvalue weighted by atomic mass is 32.2. The first-order chi connectivity index (χ1) is 13.4. The van der Waals surface area contributed by atoms with Gasteiger partial charge < -0.3 is 0 Å². The van der Waals surface area contributed by atoms with Crippen molar-refractivity contribution in [2.24, 2.45) is 5.10 Å². The molecule has 0 saturated heterocycles. The summed E-state index contributed by atoms with van der Waals surface area (Å²) < 4.78 is 27.5. The van der Waals surface area contributed by atoms with E-state index in [4.69, 9.17) is 0 Å². The maximum absolute atomic E-state index is 13.1. The fourth-order valence-corrected chi connectivity index (χ4v) is 4.00. The highest BCUT2D eigenvalue weighted by Gasteiger charge is 2.26. The average molecular weight is 402 g/mol. The summed E-state index contributed by atoms with van der Waals surface area (Å²) in [6, 6.07) is 15.8. The molecule has 1 amide bonds. The van der Waals surface area contributed by atoms with Crippen LogP contribution >= 0.6 is 0 Å². The Hall–Kier alpha value is -2.51. The number of hydrogen-bond acceptors (Lipinski definition) is 4. The molecule has 150 valence electrons. The van der Waals surface area contributed by atoms with E-state index in [9.17, 15) is 13.2 Å². The van der Waals surface area contributed by atoms with Crippen LogP contribution in [0.15, 0.2) is 64.6 Å². The zero-order chi connectivity index (χ0) is 20.6. The van der Waals surface area contributed by atoms with Crippen LogP contribution in [0, 0.1) is 6.92 Å². The van der Waals surface area contributed by atoms with Gasteiger partial charge in [-0.1, -0.05) is 61.9 Å². The highest BCUT2D eigenvalue weighted by Crippen LogP contribution is 2.19. The van der Waals surface area contributed by atoms with Crippen molar-refractivity contribution >= 4 is 21.6 Å². The van der Waals surface area contributed by atoms with Gasteiger partial charge in [-0.2, -0.15) is 9.41 Å². The topological polar surface area (TPSA) is 78.8 Å².